The molecule has 20 heavy (non-hydrogen) atoms. The number of amides is 1. The summed E-state index contributed by atoms with van der Waals surface area (Å²) in [6.45, 7) is 0. The highest BCUT2D eigenvalue weighted by atomic mass is 16.2. The Hall–Kier alpha value is -2.30. The molecular formula is C15H18N4O. The zero-order valence-corrected chi connectivity index (χ0v) is 11.4. The Labute approximate surface area is 118 Å². The molecule has 1 amide bonds. The molecule has 3 rings (SSSR count). The van der Waals surface area contributed by atoms with Crippen molar-refractivity contribution in [1.29, 1.82) is 0 Å². The summed E-state index contributed by atoms with van der Waals surface area (Å²) in [5.41, 5.74) is 1.79. The van der Waals surface area contributed by atoms with Crippen LogP contribution in [0, 0.1) is 0 Å². The van der Waals surface area contributed by atoms with Gasteiger partial charge in [0.15, 0.2) is 0 Å². The van der Waals surface area contributed by atoms with Gasteiger partial charge in [-0.05, 0) is 18.4 Å². The Balaban J connectivity index is 1.80. The van der Waals surface area contributed by atoms with Gasteiger partial charge in [-0.15, -0.1) is 0 Å². The van der Waals surface area contributed by atoms with Crippen molar-refractivity contribution in [3.8, 4) is 0 Å². The van der Waals surface area contributed by atoms with Gasteiger partial charge < -0.3 is 10.6 Å². The first-order valence-corrected chi connectivity index (χ1v) is 6.83. The highest BCUT2D eigenvalue weighted by Gasteiger charge is 2.28. The van der Waals surface area contributed by atoms with Crippen molar-refractivity contribution >= 4 is 11.6 Å². The fraction of sp³-hybridized carbons (Fsp3) is 0.333. The number of anilines is 1. The van der Waals surface area contributed by atoms with Gasteiger partial charge in [-0.25, -0.2) is 0 Å². The van der Waals surface area contributed by atoms with Crippen molar-refractivity contribution in [3.63, 3.8) is 0 Å². The highest BCUT2D eigenvalue weighted by Crippen LogP contribution is 2.23. The SMILES string of the molecule is Cn1cc(N[C@@H](C(=O)NC2CC2)c2ccccc2)cn1. The second-order valence-electron chi connectivity index (χ2n) is 5.17. The van der Waals surface area contributed by atoms with Gasteiger partial charge in [0.1, 0.15) is 6.04 Å². The van der Waals surface area contributed by atoms with Crippen LogP contribution in [0.2, 0.25) is 0 Å². The number of nitrogens with one attached hydrogen (secondary N) is 2. The minimum atomic E-state index is -0.388. The van der Waals surface area contributed by atoms with E-state index in [2.05, 4.69) is 15.7 Å². The van der Waals surface area contributed by atoms with Gasteiger partial charge in [0.2, 0.25) is 5.91 Å². The molecule has 0 saturated heterocycles. The fourth-order valence-corrected chi connectivity index (χ4v) is 2.12. The first-order chi connectivity index (χ1) is 9.72. The maximum Gasteiger partial charge on any atom is 0.247 e. The smallest absolute Gasteiger partial charge is 0.247 e. The van der Waals surface area contributed by atoms with E-state index in [1.807, 2.05) is 43.6 Å². The lowest BCUT2D eigenvalue weighted by Gasteiger charge is -2.18. The fourth-order valence-electron chi connectivity index (χ4n) is 2.12. The van der Waals surface area contributed by atoms with E-state index in [0.29, 0.717) is 6.04 Å². The number of hydrogen-bond donors (Lipinski definition) is 2. The molecule has 1 aromatic heterocycles. The molecule has 1 aliphatic rings. The van der Waals surface area contributed by atoms with Crippen LogP contribution in [-0.4, -0.2) is 21.7 Å². The lowest BCUT2D eigenvalue weighted by molar-refractivity contribution is -0.122. The van der Waals surface area contributed by atoms with E-state index in [-0.39, 0.29) is 11.9 Å². The minimum absolute atomic E-state index is 0.0163. The van der Waals surface area contributed by atoms with Crippen LogP contribution >= 0.6 is 0 Å². The lowest BCUT2D eigenvalue weighted by atomic mass is 10.1. The van der Waals surface area contributed by atoms with Crippen LogP contribution in [0.1, 0.15) is 24.4 Å². The molecular weight excluding hydrogens is 252 g/mol. The van der Waals surface area contributed by atoms with E-state index >= 15 is 0 Å². The second kappa shape index (κ2) is 5.36. The van der Waals surface area contributed by atoms with E-state index < -0.39 is 0 Å². The van der Waals surface area contributed by atoms with Gasteiger partial charge in [0, 0.05) is 19.3 Å². The van der Waals surface area contributed by atoms with Crippen LogP contribution in [-0.2, 0) is 11.8 Å². The van der Waals surface area contributed by atoms with Crippen LogP contribution in [0.4, 0.5) is 5.69 Å². The lowest BCUT2D eigenvalue weighted by Crippen LogP contribution is -2.34. The maximum atomic E-state index is 12.4. The third-order valence-corrected chi connectivity index (χ3v) is 3.33. The number of rotatable bonds is 5. The zero-order valence-electron chi connectivity index (χ0n) is 11.4. The van der Waals surface area contributed by atoms with E-state index in [4.69, 9.17) is 0 Å². The molecule has 104 valence electrons. The Bertz CT molecular complexity index is 589. The summed E-state index contributed by atoms with van der Waals surface area (Å²) in [5.74, 6) is 0.0163. The molecule has 0 bridgehead atoms. The summed E-state index contributed by atoms with van der Waals surface area (Å²) >= 11 is 0. The number of aryl methyl sites for hydroxylation is 1. The molecule has 0 aliphatic heterocycles. The number of carbonyl (C=O) groups is 1. The minimum Gasteiger partial charge on any atom is -0.368 e. The number of nitrogens with zero attached hydrogens (tertiary/aromatic N) is 2. The summed E-state index contributed by atoms with van der Waals surface area (Å²) in [6, 6.07) is 9.71. The van der Waals surface area contributed by atoms with E-state index in [1.54, 1.807) is 10.9 Å². The van der Waals surface area contributed by atoms with Crippen LogP contribution in [0.3, 0.4) is 0 Å². The molecule has 0 spiro atoms. The molecule has 5 nitrogen and oxygen atoms in total. The second-order valence-corrected chi connectivity index (χ2v) is 5.17. The summed E-state index contributed by atoms with van der Waals surface area (Å²) in [7, 11) is 1.85. The largest absolute Gasteiger partial charge is 0.368 e. The summed E-state index contributed by atoms with van der Waals surface area (Å²) in [4.78, 5) is 12.4. The van der Waals surface area contributed by atoms with E-state index in [1.165, 1.54) is 0 Å². The zero-order chi connectivity index (χ0) is 13.9. The number of aromatic nitrogens is 2. The first kappa shape index (κ1) is 12.7. The van der Waals surface area contributed by atoms with Gasteiger partial charge in [-0.2, -0.15) is 5.10 Å². The van der Waals surface area contributed by atoms with Crippen LogP contribution < -0.4 is 10.6 Å². The summed E-state index contributed by atoms with van der Waals surface area (Å²) in [5, 5.41) is 10.4. The Morgan fingerprint density at radius 2 is 2.10 bits per heavy atom. The number of benzene rings is 1. The normalized spacial score (nSPS) is 15.7. The van der Waals surface area contributed by atoms with Gasteiger partial charge in [0.25, 0.3) is 0 Å². The van der Waals surface area contributed by atoms with E-state index in [0.717, 1.165) is 24.1 Å². The number of carbonyl (C=O) groups excluding carboxylic acids is 1. The van der Waals surface area contributed by atoms with Gasteiger partial charge >= 0.3 is 0 Å². The van der Waals surface area contributed by atoms with Crippen molar-refractivity contribution in [1.82, 2.24) is 15.1 Å². The predicted octanol–water partition coefficient (Wildman–Crippen LogP) is 1.85. The van der Waals surface area contributed by atoms with Gasteiger partial charge in [-0.3, -0.25) is 9.48 Å². The van der Waals surface area contributed by atoms with Crippen molar-refractivity contribution in [2.75, 3.05) is 5.32 Å². The molecule has 0 unspecified atom stereocenters. The first-order valence-electron chi connectivity index (χ1n) is 6.83. The topological polar surface area (TPSA) is 59.0 Å². The molecule has 1 fully saturated rings. The Morgan fingerprint density at radius 3 is 2.70 bits per heavy atom. The van der Waals surface area contributed by atoms with Gasteiger partial charge in [-0.1, -0.05) is 30.3 Å². The van der Waals surface area contributed by atoms with Crippen LogP contribution in [0.5, 0.6) is 0 Å². The molecule has 2 N–H and O–H groups in total. The van der Waals surface area contributed by atoms with Crippen LogP contribution in [0.15, 0.2) is 42.7 Å². The Kier molecular flexibility index (Phi) is 3.41. The molecule has 1 saturated carbocycles. The monoisotopic (exact) mass is 270 g/mol. The molecule has 5 heteroatoms. The highest BCUT2D eigenvalue weighted by molar-refractivity contribution is 5.86. The standard InChI is InChI=1S/C15H18N4O/c1-19-10-13(9-16-19)17-14(11-5-3-2-4-6-11)15(20)18-12-7-8-12/h2-6,9-10,12,14,17H,7-8H2,1H3,(H,18,20)/t14-/m1/s1. The summed E-state index contributed by atoms with van der Waals surface area (Å²) in [6.07, 6.45) is 5.75. The third kappa shape index (κ3) is 2.99. The molecule has 1 heterocycles. The quantitative estimate of drug-likeness (QED) is 0.871. The van der Waals surface area contributed by atoms with E-state index in [9.17, 15) is 4.79 Å². The van der Waals surface area contributed by atoms with Crippen molar-refractivity contribution in [2.24, 2.45) is 7.05 Å². The Morgan fingerprint density at radius 1 is 1.35 bits per heavy atom. The van der Waals surface area contributed by atoms with Gasteiger partial charge in [0.05, 0.1) is 11.9 Å². The maximum absolute atomic E-state index is 12.4. The van der Waals surface area contributed by atoms with Crippen molar-refractivity contribution in [3.05, 3.63) is 48.3 Å². The molecule has 0 radical (unpaired) electrons. The van der Waals surface area contributed by atoms with Crippen LogP contribution in [0.25, 0.3) is 0 Å². The van der Waals surface area contributed by atoms with Crippen molar-refractivity contribution < 1.29 is 4.79 Å². The molecule has 1 atom stereocenters. The molecule has 1 aromatic carbocycles. The van der Waals surface area contributed by atoms with Crippen molar-refractivity contribution in [2.45, 2.75) is 24.9 Å². The molecule has 2 aromatic rings. The summed E-state index contributed by atoms with van der Waals surface area (Å²) < 4.78 is 1.71. The third-order valence-electron chi connectivity index (χ3n) is 3.33. The average molecular weight is 270 g/mol. The predicted molar refractivity (Wildman–Crippen MR) is 77.2 cm³/mol. The number of hydrogen-bond acceptors (Lipinski definition) is 3. The molecule has 1 aliphatic carbocycles. The average Bonchev–Trinajstić information content (AvgIpc) is 3.17.